The molecule has 1 aliphatic rings. The molecular formula is C19H23N3O4S. The van der Waals surface area contributed by atoms with Crippen molar-refractivity contribution in [3.63, 3.8) is 0 Å². The minimum Gasteiger partial charge on any atom is -0.354 e. The molecule has 3 rings (SSSR count). The highest BCUT2D eigenvalue weighted by molar-refractivity contribution is 7.89. The van der Waals surface area contributed by atoms with Gasteiger partial charge in [-0.2, -0.15) is 0 Å². The van der Waals surface area contributed by atoms with E-state index in [9.17, 15) is 18.0 Å². The van der Waals surface area contributed by atoms with Gasteiger partial charge in [0.2, 0.25) is 10.0 Å². The number of carbonyl (C=O) groups is 2. The molecule has 8 heteroatoms. The van der Waals surface area contributed by atoms with Crippen LogP contribution in [0.5, 0.6) is 0 Å². The third kappa shape index (κ3) is 4.12. The normalized spacial score (nSPS) is 14.1. The minimum atomic E-state index is -3.61. The number of H-pyrrole nitrogens is 1. The number of ketones is 1. The minimum absolute atomic E-state index is 0.0647. The monoisotopic (exact) mass is 389 g/mol. The first-order valence-corrected chi connectivity index (χ1v) is 10.4. The lowest BCUT2D eigenvalue weighted by Crippen LogP contribution is -2.35. The summed E-state index contributed by atoms with van der Waals surface area (Å²) in [6.45, 7) is 3.85. The molecule has 0 saturated heterocycles. The van der Waals surface area contributed by atoms with Gasteiger partial charge in [-0.05, 0) is 44.4 Å². The Hall–Kier alpha value is -2.45. The fourth-order valence-electron chi connectivity index (χ4n) is 3.25. The lowest BCUT2D eigenvalue weighted by molar-refractivity contribution is 0.0948. The van der Waals surface area contributed by atoms with Gasteiger partial charge in [-0.25, -0.2) is 13.1 Å². The number of amides is 1. The highest BCUT2D eigenvalue weighted by Crippen LogP contribution is 2.26. The number of rotatable bonds is 6. The summed E-state index contributed by atoms with van der Waals surface area (Å²) < 4.78 is 26.9. The largest absolute Gasteiger partial charge is 0.354 e. The van der Waals surface area contributed by atoms with Gasteiger partial charge < -0.3 is 10.3 Å². The number of Topliss-reactive ketones (excluding diaryl/α,β-unsaturated/α-hetero) is 1. The average molecular weight is 389 g/mol. The van der Waals surface area contributed by atoms with Crippen molar-refractivity contribution < 1.29 is 18.0 Å². The van der Waals surface area contributed by atoms with Gasteiger partial charge in [-0.15, -0.1) is 0 Å². The van der Waals surface area contributed by atoms with Crippen molar-refractivity contribution in [3.05, 3.63) is 52.3 Å². The Bertz CT molecular complexity index is 975. The van der Waals surface area contributed by atoms with Gasteiger partial charge in [-0.1, -0.05) is 17.7 Å². The van der Waals surface area contributed by atoms with Crippen LogP contribution in [0.3, 0.4) is 0 Å². The molecule has 0 saturated carbocycles. The zero-order valence-corrected chi connectivity index (χ0v) is 16.2. The summed E-state index contributed by atoms with van der Waals surface area (Å²) in [7, 11) is -3.61. The molecule has 0 aliphatic heterocycles. The number of aromatic amines is 1. The van der Waals surface area contributed by atoms with Gasteiger partial charge in [0, 0.05) is 30.8 Å². The van der Waals surface area contributed by atoms with Gasteiger partial charge in [0.05, 0.1) is 4.90 Å². The molecule has 7 nitrogen and oxygen atoms in total. The number of fused-ring (bicyclic) bond motifs is 1. The molecule has 0 unspecified atom stereocenters. The van der Waals surface area contributed by atoms with Crippen molar-refractivity contribution in [1.82, 2.24) is 15.0 Å². The van der Waals surface area contributed by atoms with E-state index in [1.54, 1.807) is 31.2 Å². The molecule has 1 heterocycles. The summed E-state index contributed by atoms with van der Waals surface area (Å²) in [4.78, 5) is 27.7. The van der Waals surface area contributed by atoms with Crippen LogP contribution in [0.15, 0.2) is 29.2 Å². The molecule has 0 fully saturated rings. The molecule has 1 amide bonds. The lowest BCUT2D eigenvalue weighted by atomic mass is 9.94. The van der Waals surface area contributed by atoms with E-state index in [1.165, 1.54) is 0 Å². The van der Waals surface area contributed by atoms with Crippen LogP contribution in [0.1, 0.15) is 50.5 Å². The second-order valence-electron chi connectivity index (χ2n) is 6.72. The molecule has 2 aromatic rings. The zero-order chi connectivity index (χ0) is 19.6. The van der Waals surface area contributed by atoms with Crippen LogP contribution in [0.4, 0.5) is 0 Å². The number of aromatic nitrogens is 1. The maximum Gasteiger partial charge on any atom is 0.268 e. The third-order valence-corrected chi connectivity index (χ3v) is 6.18. The van der Waals surface area contributed by atoms with Crippen molar-refractivity contribution >= 4 is 21.7 Å². The van der Waals surface area contributed by atoms with Gasteiger partial charge in [-0.3, -0.25) is 9.59 Å². The summed E-state index contributed by atoms with van der Waals surface area (Å²) in [6, 6.07) is 6.54. The van der Waals surface area contributed by atoms with E-state index in [2.05, 4.69) is 15.0 Å². The van der Waals surface area contributed by atoms with Crippen LogP contribution in [0.25, 0.3) is 0 Å². The molecule has 0 spiro atoms. The van der Waals surface area contributed by atoms with E-state index in [-0.39, 0.29) is 29.7 Å². The number of nitrogens with one attached hydrogen (secondary N) is 3. The average Bonchev–Trinajstić information content (AvgIpc) is 2.97. The molecule has 0 atom stereocenters. The molecule has 1 aromatic carbocycles. The Kier molecular flexibility index (Phi) is 5.48. The fraction of sp³-hybridized carbons (Fsp3) is 0.368. The van der Waals surface area contributed by atoms with E-state index in [1.807, 2.05) is 6.92 Å². The van der Waals surface area contributed by atoms with Crippen LogP contribution >= 0.6 is 0 Å². The Morgan fingerprint density at radius 3 is 2.48 bits per heavy atom. The quantitative estimate of drug-likeness (QED) is 0.655. The van der Waals surface area contributed by atoms with Crippen molar-refractivity contribution in [2.75, 3.05) is 13.1 Å². The van der Waals surface area contributed by atoms with Crippen molar-refractivity contribution in [2.45, 2.75) is 38.0 Å². The summed E-state index contributed by atoms with van der Waals surface area (Å²) in [5, 5.41) is 2.69. The van der Waals surface area contributed by atoms with Crippen LogP contribution in [-0.2, 0) is 16.4 Å². The Morgan fingerprint density at radius 2 is 1.81 bits per heavy atom. The SMILES string of the molecule is Cc1ccc(S(=O)(=O)NCCNC(=O)c2[nH]c3c(c2C)C(=O)CCC3)cc1. The second kappa shape index (κ2) is 7.66. The Balaban J connectivity index is 1.57. The summed E-state index contributed by atoms with van der Waals surface area (Å²) in [5.41, 5.74) is 3.45. The van der Waals surface area contributed by atoms with Crippen LogP contribution < -0.4 is 10.0 Å². The maximum atomic E-state index is 12.4. The molecule has 1 aliphatic carbocycles. The number of sulfonamides is 1. The van der Waals surface area contributed by atoms with E-state index >= 15 is 0 Å². The number of aryl methyl sites for hydroxylation is 2. The predicted molar refractivity (Wildman–Crippen MR) is 101 cm³/mol. The number of benzene rings is 1. The Morgan fingerprint density at radius 1 is 1.11 bits per heavy atom. The summed E-state index contributed by atoms with van der Waals surface area (Å²) >= 11 is 0. The molecular weight excluding hydrogens is 366 g/mol. The van der Waals surface area contributed by atoms with E-state index in [0.29, 0.717) is 23.2 Å². The number of carbonyl (C=O) groups excluding carboxylic acids is 2. The smallest absolute Gasteiger partial charge is 0.268 e. The van der Waals surface area contributed by atoms with Crippen molar-refractivity contribution in [2.24, 2.45) is 0 Å². The van der Waals surface area contributed by atoms with Crippen LogP contribution in [0.2, 0.25) is 0 Å². The summed E-state index contributed by atoms with van der Waals surface area (Å²) in [5.74, 6) is -0.279. The topological polar surface area (TPSA) is 108 Å². The molecule has 1 aromatic heterocycles. The van der Waals surface area contributed by atoms with Crippen molar-refractivity contribution in [1.29, 1.82) is 0 Å². The first kappa shape index (κ1) is 19.3. The van der Waals surface area contributed by atoms with Crippen LogP contribution in [-0.4, -0.2) is 38.2 Å². The third-order valence-electron chi connectivity index (χ3n) is 4.70. The van der Waals surface area contributed by atoms with E-state index in [4.69, 9.17) is 0 Å². The van der Waals surface area contributed by atoms with Gasteiger partial charge >= 0.3 is 0 Å². The number of hydrogen-bond donors (Lipinski definition) is 3. The summed E-state index contributed by atoms with van der Waals surface area (Å²) in [6.07, 6.45) is 2.05. The molecule has 0 radical (unpaired) electrons. The second-order valence-corrected chi connectivity index (χ2v) is 8.49. The van der Waals surface area contributed by atoms with E-state index in [0.717, 1.165) is 24.1 Å². The Labute approximate surface area is 158 Å². The van der Waals surface area contributed by atoms with Gasteiger partial charge in [0.15, 0.2) is 5.78 Å². The fourth-order valence-corrected chi connectivity index (χ4v) is 4.28. The number of hydrogen-bond acceptors (Lipinski definition) is 4. The maximum absolute atomic E-state index is 12.4. The molecule has 3 N–H and O–H groups in total. The predicted octanol–water partition coefficient (Wildman–Crippen LogP) is 1.86. The molecule has 144 valence electrons. The van der Waals surface area contributed by atoms with Gasteiger partial charge in [0.25, 0.3) is 5.91 Å². The van der Waals surface area contributed by atoms with Crippen LogP contribution in [0, 0.1) is 13.8 Å². The van der Waals surface area contributed by atoms with E-state index < -0.39 is 10.0 Å². The standard InChI is InChI=1S/C19H23N3O4S/c1-12-6-8-14(9-7-12)27(25,26)21-11-10-20-19(24)18-13(2)17-15(22-18)4-3-5-16(17)23/h6-9,21-22H,3-5,10-11H2,1-2H3,(H,20,24). The first-order valence-electron chi connectivity index (χ1n) is 8.89. The first-order chi connectivity index (χ1) is 12.8. The zero-order valence-electron chi connectivity index (χ0n) is 15.4. The highest BCUT2D eigenvalue weighted by atomic mass is 32.2. The molecule has 27 heavy (non-hydrogen) atoms. The van der Waals surface area contributed by atoms with Crippen molar-refractivity contribution in [3.8, 4) is 0 Å². The highest BCUT2D eigenvalue weighted by Gasteiger charge is 2.26. The molecule has 0 bridgehead atoms. The lowest BCUT2D eigenvalue weighted by Gasteiger charge is -2.09. The van der Waals surface area contributed by atoms with Gasteiger partial charge in [0.1, 0.15) is 5.69 Å².